The standard InChI is InChI=1S/C20H26N2O2/c1-16-13-19(7-10-21-16)24-15-17-8-11-22(12-9-17)14-18-5-3-4-6-20(18)23-2/h3-7,10,13,17H,8-9,11-12,14-15H2,1-2H3. The highest BCUT2D eigenvalue weighted by molar-refractivity contribution is 5.33. The van der Waals surface area contributed by atoms with Crippen molar-refractivity contribution in [3.63, 3.8) is 0 Å². The average molecular weight is 326 g/mol. The van der Waals surface area contributed by atoms with E-state index in [1.165, 1.54) is 18.4 Å². The lowest BCUT2D eigenvalue weighted by Crippen LogP contribution is -2.35. The van der Waals surface area contributed by atoms with E-state index in [0.29, 0.717) is 5.92 Å². The highest BCUT2D eigenvalue weighted by atomic mass is 16.5. The highest BCUT2D eigenvalue weighted by Crippen LogP contribution is 2.24. The molecule has 0 saturated carbocycles. The Bertz CT molecular complexity index is 652. The van der Waals surface area contributed by atoms with Crippen LogP contribution >= 0.6 is 0 Å². The van der Waals surface area contributed by atoms with E-state index in [2.05, 4.69) is 22.0 Å². The molecule has 3 rings (SSSR count). The summed E-state index contributed by atoms with van der Waals surface area (Å²) >= 11 is 0. The van der Waals surface area contributed by atoms with Gasteiger partial charge in [0.15, 0.2) is 0 Å². The topological polar surface area (TPSA) is 34.6 Å². The lowest BCUT2D eigenvalue weighted by molar-refractivity contribution is 0.136. The van der Waals surface area contributed by atoms with Crippen LogP contribution in [0.2, 0.25) is 0 Å². The van der Waals surface area contributed by atoms with E-state index in [1.54, 1.807) is 13.3 Å². The number of rotatable bonds is 6. The highest BCUT2D eigenvalue weighted by Gasteiger charge is 2.20. The van der Waals surface area contributed by atoms with Crippen molar-refractivity contribution in [2.45, 2.75) is 26.3 Å². The van der Waals surface area contributed by atoms with Crippen molar-refractivity contribution in [1.29, 1.82) is 0 Å². The number of hydrogen-bond acceptors (Lipinski definition) is 4. The van der Waals surface area contributed by atoms with Gasteiger partial charge in [-0.25, -0.2) is 0 Å². The van der Waals surface area contributed by atoms with Gasteiger partial charge in [0.25, 0.3) is 0 Å². The molecule has 1 aromatic carbocycles. The number of methoxy groups -OCH3 is 1. The van der Waals surface area contributed by atoms with Crippen LogP contribution in [0.5, 0.6) is 11.5 Å². The molecule has 1 fully saturated rings. The monoisotopic (exact) mass is 326 g/mol. The third kappa shape index (κ3) is 4.48. The van der Waals surface area contributed by atoms with E-state index >= 15 is 0 Å². The molecule has 0 bridgehead atoms. The Hall–Kier alpha value is -2.07. The van der Waals surface area contributed by atoms with Crippen molar-refractivity contribution < 1.29 is 9.47 Å². The van der Waals surface area contributed by atoms with Gasteiger partial charge in [0, 0.05) is 30.1 Å². The van der Waals surface area contributed by atoms with Crippen LogP contribution in [-0.2, 0) is 6.54 Å². The summed E-state index contributed by atoms with van der Waals surface area (Å²) in [6, 6.07) is 12.2. The molecule has 1 aromatic heterocycles. The number of likely N-dealkylation sites (tertiary alicyclic amines) is 1. The third-order valence-corrected chi connectivity index (χ3v) is 4.65. The van der Waals surface area contributed by atoms with Gasteiger partial charge in [-0.1, -0.05) is 18.2 Å². The molecule has 24 heavy (non-hydrogen) atoms. The molecule has 1 saturated heterocycles. The number of hydrogen-bond donors (Lipinski definition) is 0. The molecular weight excluding hydrogens is 300 g/mol. The van der Waals surface area contributed by atoms with Gasteiger partial charge >= 0.3 is 0 Å². The second kappa shape index (κ2) is 8.15. The fraction of sp³-hybridized carbons (Fsp3) is 0.450. The maximum absolute atomic E-state index is 5.94. The van der Waals surface area contributed by atoms with Crippen LogP contribution in [0.15, 0.2) is 42.6 Å². The minimum absolute atomic E-state index is 0.632. The smallest absolute Gasteiger partial charge is 0.123 e. The van der Waals surface area contributed by atoms with Crippen LogP contribution in [0.4, 0.5) is 0 Å². The van der Waals surface area contributed by atoms with Crippen molar-refractivity contribution in [3.8, 4) is 11.5 Å². The van der Waals surface area contributed by atoms with Gasteiger partial charge in [0.2, 0.25) is 0 Å². The molecule has 4 nitrogen and oxygen atoms in total. The normalized spacial score (nSPS) is 16.1. The summed E-state index contributed by atoms with van der Waals surface area (Å²) < 4.78 is 11.4. The molecule has 128 valence electrons. The molecule has 0 N–H and O–H groups in total. The molecule has 1 aliphatic heterocycles. The molecule has 0 amide bonds. The zero-order chi connectivity index (χ0) is 16.8. The van der Waals surface area contributed by atoms with Crippen molar-refractivity contribution in [3.05, 3.63) is 53.9 Å². The Morgan fingerprint density at radius 1 is 1.17 bits per heavy atom. The minimum Gasteiger partial charge on any atom is -0.496 e. The molecule has 2 aromatic rings. The first-order chi connectivity index (χ1) is 11.7. The van der Waals surface area contributed by atoms with Crippen molar-refractivity contribution in [2.24, 2.45) is 5.92 Å². The number of pyridine rings is 1. The number of aryl methyl sites for hydroxylation is 1. The van der Waals surface area contributed by atoms with Crippen LogP contribution in [0, 0.1) is 12.8 Å². The van der Waals surface area contributed by atoms with Gasteiger partial charge in [-0.15, -0.1) is 0 Å². The number of ether oxygens (including phenoxy) is 2. The number of nitrogens with zero attached hydrogens (tertiary/aromatic N) is 2. The summed E-state index contributed by atoms with van der Waals surface area (Å²) in [5, 5.41) is 0. The van der Waals surface area contributed by atoms with Gasteiger partial charge in [-0.05, 0) is 50.9 Å². The van der Waals surface area contributed by atoms with E-state index in [9.17, 15) is 0 Å². The second-order valence-corrected chi connectivity index (χ2v) is 6.48. The Labute approximate surface area is 144 Å². The van der Waals surface area contributed by atoms with E-state index < -0.39 is 0 Å². The predicted octanol–water partition coefficient (Wildman–Crippen LogP) is 3.69. The summed E-state index contributed by atoms with van der Waals surface area (Å²) in [5.74, 6) is 2.54. The Morgan fingerprint density at radius 2 is 1.96 bits per heavy atom. The predicted molar refractivity (Wildman–Crippen MR) is 95.5 cm³/mol. The van der Waals surface area contributed by atoms with E-state index in [0.717, 1.165) is 43.4 Å². The first kappa shape index (κ1) is 16.8. The van der Waals surface area contributed by atoms with Crippen LogP contribution < -0.4 is 9.47 Å². The fourth-order valence-electron chi connectivity index (χ4n) is 3.21. The van der Waals surface area contributed by atoms with E-state index in [-0.39, 0.29) is 0 Å². The van der Waals surface area contributed by atoms with Crippen molar-refractivity contribution in [2.75, 3.05) is 26.8 Å². The lowest BCUT2D eigenvalue weighted by Gasteiger charge is -2.32. The fourth-order valence-corrected chi connectivity index (χ4v) is 3.21. The zero-order valence-electron chi connectivity index (χ0n) is 14.6. The summed E-state index contributed by atoms with van der Waals surface area (Å²) in [7, 11) is 1.74. The molecule has 0 atom stereocenters. The Morgan fingerprint density at radius 3 is 2.71 bits per heavy atom. The van der Waals surface area contributed by atoms with Crippen molar-refractivity contribution >= 4 is 0 Å². The van der Waals surface area contributed by atoms with Gasteiger partial charge < -0.3 is 9.47 Å². The summed E-state index contributed by atoms with van der Waals surface area (Å²) in [5.41, 5.74) is 2.26. The average Bonchev–Trinajstić information content (AvgIpc) is 2.62. The van der Waals surface area contributed by atoms with E-state index in [1.807, 2.05) is 31.2 Å². The molecule has 2 heterocycles. The van der Waals surface area contributed by atoms with Gasteiger partial charge in [-0.3, -0.25) is 9.88 Å². The van der Waals surface area contributed by atoms with Crippen LogP contribution in [0.1, 0.15) is 24.1 Å². The maximum atomic E-state index is 5.94. The molecule has 4 heteroatoms. The Balaban J connectivity index is 1.45. The van der Waals surface area contributed by atoms with Crippen molar-refractivity contribution in [1.82, 2.24) is 9.88 Å². The largest absolute Gasteiger partial charge is 0.496 e. The SMILES string of the molecule is COc1ccccc1CN1CCC(COc2ccnc(C)c2)CC1. The summed E-state index contributed by atoms with van der Waals surface area (Å²) in [6.07, 6.45) is 4.17. The first-order valence-electron chi connectivity index (χ1n) is 8.64. The number of benzene rings is 1. The minimum atomic E-state index is 0.632. The zero-order valence-corrected chi connectivity index (χ0v) is 14.6. The van der Waals surface area contributed by atoms with Crippen LogP contribution in [0.3, 0.4) is 0 Å². The summed E-state index contributed by atoms with van der Waals surface area (Å²) in [4.78, 5) is 6.71. The third-order valence-electron chi connectivity index (χ3n) is 4.65. The summed E-state index contributed by atoms with van der Waals surface area (Å²) in [6.45, 7) is 5.97. The molecule has 1 aliphatic rings. The molecule has 0 radical (unpaired) electrons. The first-order valence-corrected chi connectivity index (χ1v) is 8.64. The number of aromatic nitrogens is 1. The molecule has 0 aliphatic carbocycles. The lowest BCUT2D eigenvalue weighted by atomic mass is 9.97. The molecule has 0 unspecified atom stereocenters. The number of piperidine rings is 1. The molecule has 0 spiro atoms. The van der Waals surface area contributed by atoms with Crippen LogP contribution in [0.25, 0.3) is 0 Å². The van der Waals surface area contributed by atoms with Gasteiger partial charge in [-0.2, -0.15) is 0 Å². The Kier molecular flexibility index (Phi) is 5.70. The van der Waals surface area contributed by atoms with E-state index in [4.69, 9.17) is 9.47 Å². The quantitative estimate of drug-likeness (QED) is 0.811. The molecular formula is C20H26N2O2. The second-order valence-electron chi connectivity index (χ2n) is 6.48. The van der Waals surface area contributed by atoms with Gasteiger partial charge in [0.05, 0.1) is 13.7 Å². The number of para-hydroxylation sites is 1. The van der Waals surface area contributed by atoms with Gasteiger partial charge in [0.1, 0.15) is 11.5 Å². The van der Waals surface area contributed by atoms with Crippen LogP contribution in [-0.4, -0.2) is 36.7 Å². The maximum Gasteiger partial charge on any atom is 0.123 e.